The van der Waals surface area contributed by atoms with Crippen molar-refractivity contribution < 1.29 is 9.53 Å². The van der Waals surface area contributed by atoms with Gasteiger partial charge in [0.25, 0.3) is 0 Å². The van der Waals surface area contributed by atoms with E-state index in [4.69, 9.17) is 4.74 Å². The summed E-state index contributed by atoms with van der Waals surface area (Å²) in [6, 6.07) is 4.09. The molecule has 88 valence electrons. The number of carbonyl (C=O) groups excluding carboxylic acids is 1. The van der Waals surface area contributed by atoms with Crippen LogP contribution in [0.3, 0.4) is 0 Å². The molecule has 16 heavy (non-hydrogen) atoms. The molecule has 1 rings (SSSR count). The number of ketones is 1. The Kier molecular flexibility index (Phi) is 6.86. The van der Waals surface area contributed by atoms with Crippen molar-refractivity contribution in [2.24, 2.45) is 0 Å². The van der Waals surface area contributed by atoms with E-state index in [2.05, 4.69) is 67.8 Å². The van der Waals surface area contributed by atoms with E-state index in [1.165, 1.54) is 3.57 Å². The van der Waals surface area contributed by atoms with Crippen molar-refractivity contribution in [1.29, 1.82) is 0 Å². The number of carbonyl (C=O) groups is 1. The molecule has 0 spiro atoms. The molecule has 0 radical (unpaired) electrons. The van der Waals surface area contributed by atoms with Gasteiger partial charge in [0.2, 0.25) is 0 Å². The Morgan fingerprint density at radius 1 is 1.25 bits per heavy atom. The van der Waals surface area contributed by atoms with E-state index < -0.39 is 0 Å². The summed E-state index contributed by atoms with van der Waals surface area (Å²) < 4.78 is 8.86. The highest BCUT2D eigenvalue weighted by atomic mass is 127. The summed E-state index contributed by atoms with van der Waals surface area (Å²) in [6.45, 7) is 2.18. The van der Waals surface area contributed by atoms with Crippen LogP contribution < -0.4 is 4.74 Å². The van der Waals surface area contributed by atoms with E-state index in [1.54, 1.807) is 0 Å². The Balaban J connectivity index is 2.70. The van der Waals surface area contributed by atoms with Gasteiger partial charge in [0.15, 0.2) is 5.78 Å². The fourth-order valence-corrected chi connectivity index (χ4v) is 5.06. The van der Waals surface area contributed by atoms with Gasteiger partial charge in [-0.1, -0.05) is 6.92 Å². The Morgan fingerprint density at radius 2 is 1.81 bits per heavy atom. The molecule has 5 heteroatoms. The molecule has 0 saturated carbocycles. The molecule has 2 nitrogen and oxygen atoms in total. The monoisotopic (exact) mass is 556 g/mol. The molecule has 0 aromatic heterocycles. The van der Waals surface area contributed by atoms with Gasteiger partial charge in [-0.15, -0.1) is 0 Å². The quantitative estimate of drug-likeness (QED) is 0.508. The van der Waals surface area contributed by atoms with Crippen LogP contribution in [0.15, 0.2) is 12.1 Å². The summed E-state index contributed by atoms with van der Waals surface area (Å²) in [5.74, 6) is 0.985. The summed E-state index contributed by atoms with van der Waals surface area (Å²) in [7, 11) is 0. The predicted molar refractivity (Wildman–Crippen MR) is 90.0 cm³/mol. The first kappa shape index (κ1) is 14.9. The van der Waals surface area contributed by atoms with E-state index in [-0.39, 0.29) is 12.4 Å². The van der Waals surface area contributed by atoms with E-state index in [9.17, 15) is 4.79 Å². The van der Waals surface area contributed by atoms with Gasteiger partial charge in [-0.05, 0) is 86.3 Å². The zero-order chi connectivity index (χ0) is 12.1. The molecule has 0 aliphatic heterocycles. The molecule has 0 aliphatic rings. The third kappa shape index (κ3) is 4.63. The molecule has 0 N–H and O–H groups in total. The van der Waals surface area contributed by atoms with Gasteiger partial charge in [-0.2, -0.15) is 0 Å². The lowest BCUT2D eigenvalue weighted by atomic mass is 10.2. The van der Waals surface area contributed by atoms with Crippen LogP contribution in [-0.2, 0) is 4.79 Å². The average molecular weight is 556 g/mol. The number of halogens is 3. The molecule has 0 bridgehead atoms. The first-order valence-corrected chi connectivity index (χ1v) is 8.07. The normalized spacial score (nSPS) is 10.2. The van der Waals surface area contributed by atoms with Crippen LogP contribution in [0, 0.1) is 10.7 Å². The van der Waals surface area contributed by atoms with E-state index in [0.29, 0.717) is 6.42 Å². The maximum atomic E-state index is 11.4. The van der Waals surface area contributed by atoms with Crippen LogP contribution in [0.25, 0.3) is 0 Å². The van der Waals surface area contributed by atoms with Crippen LogP contribution >= 0.6 is 67.8 Å². The highest BCUT2D eigenvalue weighted by Crippen LogP contribution is 2.29. The lowest BCUT2D eigenvalue weighted by Gasteiger charge is -2.10. The van der Waals surface area contributed by atoms with Gasteiger partial charge in [0.1, 0.15) is 12.4 Å². The number of Topliss-reactive ketones (excluding diaryl/α,β-unsaturated/α-hetero) is 1. The number of hydrogen-bond donors (Lipinski definition) is 0. The maximum absolute atomic E-state index is 11.4. The molecule has 1 aromatic rings. The average Bonchev–Trinajstić information content (AvgIpc) is 2.16. The molecule has 0 saturated heterocycles. The summed E-state index contributed by atoms with van der Waals surface area (Å²) in [5, 5.41) is 0. The van der Waals surface area contributed by atoms with Crippen LogP contribution in [-0.4, -0.2) is 12.4 Å². The van der Waals surface area contributed by atoms with Gasteiger partial charge >= 0.3 is 0 Å². The molecular weight excluding hydrogens is 545 g/mol. The Labute approximate surface area is 136 Å². The molecule has 1 aromatic carbocycles. The van der Waals surface area contributed by atoms with Crippen molar-refractivity contribution in [3.8, 4) is 5.75 Å². The minimum Gasteiger partial charge on any atom is -0.484 e. The zero-order valence-corrected chi connectivity index (χ0v) is 15.2. The van der Waals surface area contributed by atoms with Gasteiger partial charge in [-0.25, -0.2) is 0 Å². The minimum atomic E-state index is 0.160. The van der Waals surface area contributed by atoms with Crippen LogP contribution in [0.2, 0.25) is 0 Å². The van der Waals surface area contributed by atoms with Crippen molar-refractivity contribution in [3.63, 3.8) is 0 Å². The molecule has 0 unspecified atom stereocenters. The van der Waals surface area contributed by atoms with Crippen LogP contribution in [0.4, 0.5) is 0 Å². The van der Waals surface area contributed by atoms with Gasteiger partial charge in [0.05, 0.1) is 7.14 Å². The highest BCUT2D eigenvalue weighted by Gasteiger charge is 2.09. The van der Waals surface area contributed by atoms with Gasteiger partial charge in [-0.3, -0.25) is 4.79 Å². The van der Waals surface area contributed by atoms with Crippen LogP contribution in [0.5, 0.6) is 5.75 Å². The van der Waals surface area contributed by atoms with E-state index in [0.717, 1.165) is 19.3 Å². The number of benzene rings is 1. The SMILES string of the molecule is CCCC(=O)COc1c(I)cc(I)cc1I. The summed E-state index contributed by atoms with van der Waals surface area (Å²) in [5.41, 5.74) is 0. The zero-order valence-electron chi connectivity index (χ0n) is 8.73. The third-order valence-corrected chi connectivity index (χ3v) is 4.09. The summed E-state index contributed by atoms with van der Waals surface area (Å²) in [6.07, 6.45) is 1.47. The van der Waals surface area contributed by atoms with Crippen LogP contribution in [0.1, 0.15) is 19.8 Å². The highest BCUT2D eigenvalue weighted by molar-refractivity contribution is 14.1. The van der Waals surface area contributed by atoms with Crippen molar-refractivity contribution >= 4 is 73.6 Å². The second-order valence-corrected chi connectivity index (χ2v) is 6.85. The van der Waals surface area contributed by atoms with Crippen molar-refractivity contribution in [1.82, 2.24) is 0 Å². The van der Waals surface area contributed by atoms with Crippen molar-refractivity contribution in [2.45, 2.75) is 19.8 Å². The molecule has 0 atom stereocenters. The Hall–Kier alpha value is 0.880. The first-order valence-electron chi connectivity index (χ1n) is 4.83. The van der Waals surface area contributed by atoms with E-state index >= 15 is 0 Å². The molecule has 0 amide bonds. The number of hydrogen-bond acceptors (Lipinski definition) is 2. The second-order valence-electron chi connectivity index (χ2n) is 3.28. The standard InChI is InChI=1S/C11H11I3O2/c1-2-3-8(15)6-16-11-9(13)4-7(12)5-10(11)14/h4-5H,2-3,6H2,1H3. The van der Waals surface area contributed by atoms with E-state index in [1.807, 2.05) is 19.1 Å². The summed E-state index contributed by atoms with van der Waals surface area (Å²) >= 11 is 6.74. The Morgan fingerprint density at radius 3 is 2.31 bits per heavy atom. The third-order valence-electron chi connectivity index (χ3n) is 1.87. The maximum Gasteiger partial charge on any atom is 0.170 e. The van der Waals surface area contributed by atoms with Gasteiger partial charge < -0.3 is 4.74 Å². The fraction of sp³-hybridized carbons (Fsp3) is 0.364. The van der Waals surface area contributed by atoms with Gasteiger partial charge in [0, 0.05) is 9.99 Å². The lowest BCUT2D eigenvalue weighted by Crippen LogP contribution is -2.12. The number of rotatable bonds is 5. The smallest absolute Gasteiger partial charge is 0.170 e. The number of ether oxygens (including phenoxy) is 1. The predicted octanol–water partition coefficient (Wildman–Crippen LogP) is 4.25. The molecular formula is C11H11I3O2. The summed E-state index contributed by atoms with van der Waals surface area (Å²) in [4.78, 5) is 11.4. The second kappa shape index (κ2) is 7.34. The molecule has 0 fully saturated rings. The first-order chi connectivity index (χ1) is 7.54. The molecule has 0 heterocycles. The Bertz CT molecular complexity index is 368. The molecule has 0 aliphatic carbocycles. The minimum absolute atomic E-state index is 0.160. The fourth-order valence-electron chi connectivity index (χ4n) is 1.17. The van der Waals surface area contributed by atoms with Crippen molar-refractivity contribution in [2.75, 3.05) is 6.61 Å². The topological polar surface area (TPSA) is 26.3 Å². The largest absolute Gasteiger partial charge is 0.484 e. The van der Waals surface area contributed by atoms with Crippen molar-refractivity contribution in [3.05, 3.63) is 22.8 Å². The lowest BCUT2D eigenvalue weighted by molar-refractivity contribution is -0.121.